The van der Waals surface area contributed by atoms with Gasteiger partial charge in [0.15, 0.2) is 5.16 Å². The minimum atomic E-state index is -0.366. The molecule has 0 radical (unpaired) electrons. The van der Waals surface area contributed by atoms with Crippen LogP contribution < -0.4 is 14.8 Å². The van der Waals surface area contributed by atoms with Gasteiger partial charge in [0.1, 0.15) is 23.1 Å². The van der Waals surface area contributed by atoms with Crippen LogP contribution in [0.15, 0.2) is 47.6 Å². The Balaban J connectivity index is 1.48. The zero-order valence-corrected chi connectivity index (χ0v) is 19.9. The standard InChI is InChI=1S/C24H27FN4O4S/c1-31-16-9-10-18(21(14-16)32-2)23(30)26-12-11-22-27-28-24(34-15-17-6-5-13-33-17)29(22)20-8-4-3-7-19(20)25/h3-4,7-10,14,17H,5-6,11-13,15H2,1-2H3,(H,26,30). The smallest absolute Gasteiger partial charge is 0.255 e. The van der Waals surface area contributed by atoms with Crippen LogP contribution in [0.3, 0.4) is 0 Å². The van der Waals surface area contributed by atoms with Crippen LogP contribution in [0.2, 0.25) is 0 Å². The van der Waals surface area contributed by atoms with Gasteiger partial charge in [0.25, 0.3) is 5.91 Å². The van der Waals surface area contributed by atoms with Crippen molar-refractivity contribution >= 4 is 17.7 Å². The molecular formula is C24H27FN4O4S. The van der Waals surface area contributed by atoms with Crippen molar-refractivity contribution in [1.82, 2.24) is 20.1 Å². The lowest BCUT2D eigenvalue weighted by molar-refractivity contribution is 0.0951. The molecule has 0 spiro atoms. The third kappa shape index (κ3) is 5.51. The summed E-state index contributed by atoms with van der Waals surface area (Å²) in [5.41, 5.74) is 0.771. The van der Waals surface area contributed by atoms with Crippen LogP contribution in [0.4, 0.5) is 4.39 Å². The summed E-state index contributed by atoms with van der Waals surface area (Å²) >= 11 is 1.50. The molecule has 0 aliphatic carbocycles. The summed E-state index contributed by atoms with van der Waals surface area (Å²) < 4.78 is 32.6. The Morgan fingerprint density at radius 2 is 2.09 bits per heavy atom. The monoisotopic (exact) mass is 486 g/mol. The molecule has 1 aliphatic heterocycles. The van der Waals surface area contributed by atoms with E-state index in [1.165, 1.54) is 24.9 Å². The van der Waals surface area contributed by atoms with Gasteiger partial charge in [-0.3, -0.25) is 9.36 Å². The van der Waals surface area contributed by atoms with Crippen LogP contribution in [-0.2, 0) is 11.2 Å². The van der Waals surface area contributed by atoms with E-state index < -0.39 is 0 Å². The Kier molecular flexibility index (Phi) is 8.02. The Morgan fingerprint density at radius 3 is 2.82 bits per heavy atom. The van der Waals surface area contributed by atoms with Crippen molar-refractivity contribution in [3.05, 3.63) is 59.7 Å². The van der Waals surface area contributed by atoms with Crippen LogP contribution in [0.1, 0.15) is 29.0 Å². The molecule has 1 amide bonds. The molecule has 180 valence electrons. The summed E-state index contributed by atoms with van der Waals surface area (Å²) in [5, 5.41) is 12.1. The van der Waals surface area contributed by atoms with Crippen molar-refractivity contribution in [2.24, 2.45) is 0 Å². The minimum Gasteiger partial charge on any atom is -0.497 e. The number of carbonyl (C=O) groups excluding carboxylic acids is 1. The average Bonchev–Trinajstić information content (AvgIpc) is 3.52. The van der Waals surface area contributed by atoms with E-state index in [4.69, 9.17) is 14.2 Å². The molecule has 4 rings (SSSR count). The number of para-hydroxylation sites is 1. The van der Waals surface area contributed by atoms with Gasteiger partial charge in [-0.25, -0.2) is 4.39 Å². The first-order chi connectivity index (χ1) is 16.6. The van der Waals surface area contributed by atoms with Gasteiger partial charge in [-0.05, 0) is 37.1 Å². The van der Waals surface area contributed by atoms with Crippen LogP contribution in [0.25, 0.3) is 5.69 Å². The molecule has 1 atom stereocenters. The Bertz CT molecular complexity index is 1130. The topological polar surface area (TPSA) is 87.5 Å². The lowest BCUT2D eigenvalue weighted by atomic mass is 10.1. The number of halogens is 1. The first-order valence-corrected chi connectivity index (χ1v) is 12.0. The van der Waals surface area contributed by atoms with Crippen molar-refractivity contribution < 1.29 is 23.4 Å². The van der Waals surface area contributed by atoms with E-state index in [2.05, 4.69) is 15.5 Å². The van der Waals surface area contributed by atoms with Gasteiger partial charge >= 0.3 is 0 Å². The average molecular weight is 487 g/mol. The Labute approximate surface area is 201 Å². The normalized spacial score (nSPS) is 15.3. The fraction of sp³-hybridized carbons (Fsp3) is 0.375. The summed E-state index contributed by atoms with van der Waals surface area (Å²) in [6, 6.07) is 11.5. The number of rotatable bonds is 10. The molecule has 10 heteroatoms. The largest absolute Gasteiger partial charge is 0.497 e. The highest BCUT2D eigenvalue weighted by atomic mass is 32.2. The summed E-state index contributed by atoms with van der Waals surface area (Å²) in [5.74, 6) is 1.64. The second kappa shape index (κ2) is 11.3. The Hall–Kier alpha value is -3.11. The number of benzene rings is 2. The van der Waals surface area contributed by atoms with Crippen molar-refractivity contribution in [1.29, 1.82) is 0 Å². The van der Waals surface area contributed by atoms with Crippen LogP contribution in [-0.4, -0.2) is 59.9 Å². The molecule has 1 saturated heterocycles. The number of thioether (sulfide) groups is 1. The fourth-order valence-corrected chi connectivity index (χ4v) is 4.77. The van der Waals surface area contributed by atoms with Crippen molar-refractivity contribution in [2.75, 3.05) is 33.1 Å². The number of methoxy groups -OCH3 is 2. The first kappa shape index (κ1) is 24.0. The van der Waals surface area contributed by atoms with E-state index in [0.717, 1.165) is 25.2 Å². The highest BCUT2D eigenvalue weighted by Gasteiger charge is 2.21. The molecule has 2 aromatic carbocycles. The number of nitrogens with zero attached hydrogens (tertiary/aromatic N) is 3. The fourth-order valence-electron chi connectivity index (χ4n) is 3.74. The van der Waals surface area contributed by atoms with Crippen molar-refractivity contribution in [3.63, 3.8) is 0 Å². The number of carbonyl (C=O) groups is 1. The zero-order valence-electron chi connectivity index (χ0n) is 19.1. The minimum absolute atomic E-state index is 0.165. The summed E-state index contributed by atoms with van der Waals surface area (Å²) in [6.45, 7) is 1.06. The van der Waals surface area contributed by atoms with E-state index in [1.54, 1.807) is 48.1 Å². The first-order valence-electron chi connectivity index (χ1n) is 11.0. The molecule has 2 heterocycles. The van der Waals surface area contributed by atoms with E-state index in [9.17, 15) is 9.18 Å². The third-order valence-corrected chi connectivity index (χ3v) is 6.56. The predicted molar refractivity (Wildman–Crippen MR) is 127 cm³/mol. The van der Waals surface area contributed by atoms with E-state index in [1.807, 2.05) is 0 Å². The van der Waals surface area contributed by atoms with E-state index >= 15 is 0 Å². The molecule has 8 nitrogen and oxygen atoms in total. The van der Waals surface area contributed by atoms with Crippen molar-refractivity contribution in [3.8, 4) is 17.2 Å². The van der Waals surface area contributed by atoms with Gasteiger partial charge in [-0.15, -0.1) is 10.2 Å². The third-order valence-electron chi connectivity index (χ3n) is 5.50. The lowest BCUT2D eigenvalue weighted by Crippen LogP contribution is -2.27. The maximum Gasteiger partial charge on any atom is 0.255 e. The van der Waals surface area contributed by atoms with Crippen LogP contribution in [0.5, 0.6) is 11.5 Å². The molecule has 34 heavy (non-hydrogen) atoms. The maximum absolute atomic E-state index is 14.7. The van der Waals surface area contributed by atoms with Crippen LogP contribution >= 0.6 is 11.8 Å². The van der Waals surface area contributed by atoms with Crippen molar-refractivity contribution in [2.45, 2.75) is 30.5 Å². The molecule has 1 unspecified atom stereocenters. The molecule has 1 N–H and O–H groups in total. The van der Waals surface area contributed by atoms with E-state index in [0.29, 0.717) is 40.2 Å². The second-order valence-electron chi connectivity index (χ2n) is 7.70. The van der Waals surface area contributed by atoms with Gasteiger partial charge in [0, 0.05) is 31.4 Å². The summed E-state index contributed by atoms with van der Waals surface area (Å²) in [4.78, 5) is 12.7. The zero-order chi connectivity index (χ0) is 23.9. The number of nitrogens with one attached hydrogen (secondary N) is 1. The molecule has 1 fully saturated rings. The van der Waals surface area contributed by atoms with E-state index in [-0.39, 0.29) is 24.4 Å². The van der Waals surface area contributed by atoms with Crippen LogP contribution in [0, 0.1) is 5.82 Å². The molecule has 3 aromatic rings. The molecule has 1 aliphatic rings. The van der Waals surface area contributed by atoms with Gasteiger partial charge in [0.05, 0.1) is 31.6 Å². The number of aromatic nitrogens is 3. The molecule has 1 aromatic heterocycles. The Morgan fingerprint density at radius 1 is 1.24 bits per heavy atom. The summed E-state index contributed by atoms with van der Waals surface area (Å²) in [7, 11) is 3.05. The van der Waals surface area contributed by atoms with Gasteiger partial charge in [0.2, 0.25) is 0 Å². The summed E-state index contributed by atoms with van der Waals surface area (Å²) in [6.07, 6.45) is 2.59. The van der Waals surface area contributed by atoms with Gasteiger partial charge < -0.3 is 19.5 Å². The molecule has 0 saturated carbocycles. The van der Waals surface area contributed by atoms with Gasteiger partial charge in [-0.1, -0.05) is 23.9 Å². The number of hydrogen-bond acceptors (Lipinski definition) is 7. The second-order valence-corrected chi connectivity index (χ2v) is 8.69. The lowest BCUT2D eigenvalue weighted by Gasteiger charge is -2.13. The molecular weight excluding hydrogens is 459 g/mol. The highest BCUT2D eigenvalue weighted by Crippen LogP contribution is 2.27. The SMILES string of the molecule is COc1ccc(C(=O)NCCc2nnc(SCC3CCCO3)n2-c2ccccc2F)c(OC)c1. The highest BCUT2D eigenvalue weighted by molar-refractivity contribution is 7.99. The van der Waals surface area contributed by atoms with Gasteiger partial charge in [-0.2, -0.15) is 0 Å². The molecule has 0 bridgehead atoms. The number of ether oxygens (including phenoxy) is 3. The number of amides is 1. The number of hydrogen-bond donors (Lipinski definition) is 1. The maximum atomic E-state index is 14.7. The predicted octanol–water partition coefficient (Wildman–Crippen LogP) is 3.67. The quantitative estimate of drug-likeness (QED) is 0.438.